The smallest absolute Gasteiger partial charge is 0.236 e. The average Bonchev–Trinajstić information content (AvgIpc) is 2.42. The standard InChI is InChI=1S/C13H22N2O3S/c1-4-9-14-10-11-19(16,17)15(2)12-7-5-6-8-13(12)18-3/h5-8,14H,4,9-11H2,1-3H3. The topological polar surface area (TPSA) is 58.6 Å². The van der Waals surface area contributed by atoms with Gasteiger partial charge in [-0.05, 0) is 25.1 Å². The van der Waals surface area contributed by atoms with E-state index in [1.54, 1.807) is 25.2 Å². The van der Waals surface area contributed by atoms with Crippen LogP contribution in [0.3, 0.4) is 0 Å². The van der Waals surface area contributed by atoms with Crippen molar-refractivity contribution >= 4 is 15.7 Å². The maximum atomic E-state index is 12.2. The molecule has 0 amide bonds. The van der Waals surface area contributed by atoms with Gasteiger partial charge in [0.05, 0.1) is 18.6 Å². The molecule has 0 radical (unpaired) electrons. The van der Waals surface area contributed by atoms with Crippen LogP contribution in [-0.4, -0.2) is 41.4 Å². The van der Waals surface area contributed by atoms with Crippen molar-refractivity contribution in [1.29, 1.82) is 0 Å². The van der Waals surface area contributed by atoms with Crippen LogP contribution in [-0.2, 0) is 10.0 Å². The van der Waals surface area contributed by atoms with E-state index in [1.807, 2.05) is 13.0 Å². The summed E-state index contributed by atoms with van der Waals surface area (Å²) in [6.07, 6.45) is 0.988. The number of para-hydroxylation sites is 2. The Morgan fingerprint density at radius 3 is 2.58 bits per heavy atom. The molecule has 108 valence electrons. The second-order valence-corrected chi connectivity index (χ2v) is 6.33. The summed E-state index contributed by atoms with van der Waals surface area (Å²) >= 11 is 0. The molecule has 6 heteroatoms. The van der Waals surface area contributed by atoms with Gasteiger partial charge in [-0.3, -0.25) is 4.31 Å². The lowest BCUT2D eigenvalue weighted by Gasteiger charge is -2.21. The molecule has 5 nitrogen and oxygen atoms in total. The van der Waals surface area contributed by atoms with Gasteiger partial charge in [0.1, 0.15) is 5.75 Å². The van der Waals surface area contributed by atoms with Gasteiger partial charge in [0, 0.05) is 13.6 Å². The average molecular weight is 286 g/mol. The van der Waals surface area contributed by atoms with Gasteiger partial charge in [-0.25, -0.2) is 8.42 Å². The molecule has 1 aromatic carbocycles. The minimum atomic E-state index is -3.34. The van der Waals surface area contributed by atoms with Gasteiger partial charge in [-0.2, -0.15) is 0 Å². The first-order valence-electron chi connectivity index (χ1n) is 6.33. The van der Waals surface area contributed by atoms with Gasteiger partial charge in [-0.1, -0.05) is 19.1 Å². The van der Waals surface area contributed by atoms with Crippen LogP contribution in [0.15, 0.2) is 24.3 Å². The highest BCUT2D eigenvalue weighted by atomic mass is 32.2. The van der Waals surface area contributed by atoms with Gasteiger partial charge in [-0.15, -0.1) is 0 Å². The Hall–Kier alpha value is -1.27. The lowest BCUT2D eigenvalue weighted by Crippen LogP contribution is -2.34. The van der Waals surface area contributed by atoms with Crippen molar-refractivity contribution < 1.29 is 13.2 Å². The summed E-state index contributed by atoms with van der Waals surface area (Å²) in [7, 11) is -0.257. The highest BCUT2D eigenvalue weighted by molar-refractivity contribution is 7.92. The number of rotatable bonds is 8. The molecule has 1 N–H and O–H groups in total. The molecule has 19 heavy (non-hydrogen) atoms. The number of hydrogen-bond donors (Lipinski definition) is 1. The maximum Gasteiger partial charge on any atom is 0.236 e. The van der Waals surface area contributed by atoms with E-state index in [4.69, 9.17) is 4.74 Å². The summed E-state index contributed by atoms with van der Waals surface area (Å²) in [5.41, 5.74) is 0.556. The number of methoxy groups -OCH3 is 1. The van der Waals surface area contributed by atoms with Crippen LogP contribution in [0, 0.1) is 0 Å². The SMILES string of the molecule is CCCNCCS(=O)(=O)N(C)c1ccccc1OC. The first-order chi connectivity index (χ1) is 9.03. The first kappa shape index (κ1) is 15.8. The van der Waals surface area contributed by atoms with E-state index < -0.39 is 10.0 Å². The van der Waals surface area contributed by atoms with Crippen LogP contribution < -0.4 is 14.4 Å². The first-order valence-corrected chi connectivity index (χ1v) is 7.94. The molecule has 0 aromatic heterocycles. The number of ether oxygens (including phenoxy) is 1. The lowest BCUT2D eigenvalue weighted by molar-refractivity contribution is 0.416. The van der Waals surface area contributed by atoms with Crippen LogP contribution in [0.4, 0.5) is 5.69 Å². The van der Waals surface area contributed by atoms with Crippen molar-refractivity contribution in [3.05, 3.63) is 24.3 Å². The van der Waals surface area contributed by atoms with E-state index in [1.165, 1.54) is 11.4 Å². The van der Waals surface area contributed by atoms with Crippen LogP contribution in [0.25, 0.3) is 0 Å². The van der Waals surface area contributed by atoms with Crippen molar-refractivity contribution in [3.8, 4) is 5.75 Å². The van der Waals surface area contributed by atoms with Crippen LogP contribution in [0.2, 0.25) is 0 Å². The molecule has 0 aliphatic rings. The van der Waals surface area contributed by atoms with E-state index in [9.17, 15) is 8.42 Å². The highest BCUT2D eigenvalue weighted by Gasteiger charge is 2.20. The van der Waals surface area contributed by atoms with E-state index in [0.717, 1.165) is 13.0 Å². The van der Waals surface area contributed by atoms with E-state index in [2.05, 4.69) is 5.32 Å². The summed E-state index contributed by atoms with van der Waals surface area (Å²) in [4.78, 5) is 0. The number of nitrogens with zero attached hydrogens (tertiary/aromatic N) is 1. The van der Waals surface area contributed by atoms with E-state index in [0.29, 0.717) is 18.0 Å². The zero-order valence-corrected chi connectivity index (χ0v) is 12.5. The van der Waals surface area contributed by atoms with Crippen molar-refractivity contribution in [2.24, 2.45) is 0 Å². The Kier molecular flexibility index (Phi) is 6.11. The third-order valence-corrected chi connectivity index (χ3v) is 4.56. The molecular weight excluding hydrogens is 264 g/mol. The maximum absolute atomic E-state index is 12.2. The van der Waals surface area contributed by atoms with E-state index >= 15 is 0 Å². The second-order valence-electron chi connectivity index (χ2n) is 4.21. The Balaban J connectivity index is 2.77. The van der Waals surface area contributed by atoms with Gasteiger partial charge in [0.2, 0.25) is 10.0 Å². The molecule has 0 fully saturated rings. The molecule has 0 bridgehead atoms. The predicted octanol–water partition coefficient (Wildman–Crippen LogP) is 1.46. The molecule has 0 spiro atoms. The zero-order chi connectivity index (χ0) is 14.3. The molecule has 1 rings (SSSR count). The monoisotopic (exact) mass is 286 g/mol. The zero-order valence-electron chi connectivity index (χ0n) is 11.7. The fourth-order valence-electron chi connectivity index (χ4n) is 1.68. The van der Waals surface area contributed by atoms with Crippen LogP contribution in [0.5, 0.6) is 5.75 Å². The number of anilines is 1. The molecule has 0 unspecified atom stereocenters. The van der Waals surface area contributed by atoms with Gasteiger partial charge < -0.3 is 10.1 Å². The Labute approximate surface area is 115 Å². The number of benzene rings is 1. The lowest BCUT2D eigenvalue weighted by atomic mass is 10.3. The third kappa shape index (κ3) is 4.40. The summed E-state index contributed by atoms with van der Waals surface area (Å²) in [6.45, 7) is 3.33. The number of sulfonamides is 1. The molecule has 0 aliphatic heterocycles. The van der Waals surface area contributed by atoms with Gasteiger partial charge in [0.15, 0.2) is 0 Å². The number of hydrogen-bond acceptors (Lipinski definition) is 4. The molecule has 0 aliphatic carbocycles. The molecular formula is C13H22N2O3S. The highest BCUT2D eigenvalue weighted by Crippen LogP contribution is 2.28. The summed E-state index contributed by atoms with van der Waals surface area (Å²) in [6, 6.07) is 7.08. The molecule has 0 saturated heterocycles. The van der Waals surface area contributed by atoms with Gasteiger partial charge >= 0.3 is 0 Å². The molecule has 0 saturated carbocycles. The largest absolute Gasteiger partial charge is 0.495 e. The fourth-order valence-corrected chi connectivity index (χ4v) is 2.81. The minimum Gasteiger partial charge on any atom is -0.495 e. The van der Waals surface area contributed by atoms with Crippen molar-refractivity contribution in [1.82, 2.24) is 5.32 Å². The van der Waals surface area contributed by atoms with E-state index in [-0.39, 0.29) is 5.75 Å². The molecule has 1 aromatic rings. The van der Waals surface area contributed by atoms with Crippen LogP contribution in [0.1, 0.15) is 13.3 Å². The quantitative estimate of drug-likeness (QED) is 0.735. The Morgan fingerprint density at radius 1 is 1.26 bits per heavy atom. The summed E-state index contributed by atoms with van der Waals surface area (Å²) in [5.74, 6) is 0.622. The number of nitrogens with one attached hydrogen (secondary N) is 1. The van der Waals surface area contributed by atoms with Crippen molar-refractivity contribution in [2.75, 3.05) is 37.3 Å². The summed E-state index contributed by atoms with van der Waals surface area (Å²) < 4.78 is 30.8. The second kappa shape index (κ2) is 7.35. The van der Waals surface area contributed by atoms with Crippen LogP contribution >= 0.6 is 0 Å². The van der Waals surface area contributed by atoms with Crippen molar-refractivity contribution in [2.45, 2.75) is 13.3 Å². The Morgan fingerprint density at radius 2 is 1.95 bits per heavy atom. The molecule has 0 atom stereocenters. The summed E-state index contributed by atoms with van der Waals surface area (Å²) in [5, 5.41) is 3.09. The molecule has 0 heterocycles. The van der Waals surface area contributed by atoms with Gasteiger partial charge in [0.25, 0.3) is 0 Å². The fraction of sp³-hybridized carbons (Fsp3) is 0.538. The minimum absolute atomic E-state index is 0.0710. The normalized spacial score (nSPS) is 11.3. The Bertz CT molecular complexity index is 488. The third-order valence-electron chi connectivity index (χ3n) is 2.81. The predicted molar refractivity (Wildman–Crippen MR) is 78.3 cm³/mol. The van der Waals surface area contributed by atoms with Crippen molar-refractivity contribution in [3.63, 3.8) is 0 Å².